The van der Waals surface area contributed by atoms with Crippen LogP contribution in [0.1, 0.15) is 18.5 Å². The van der Waals surface area contributed by atoms with E-state index < -0.39 is 0 Å². The third kappa shape index (κ3) is 1.45. The van der Waals surface area contributed by atoms with E-state index >= 15 is 0 Å². The van der Waals surface area contributed by atoms with Crippen LogP contribution in [0, 0.1) is 0 Å². The molecule has 0 unspecified atom stereocenters. The van der Waals surface area contributed by atoms with E-state index in [0.29, 0.717) is 5.82 Å². The highest BCUT2D eigenvalue weighted by Crippen LogP contribution is 2.21. The summed E-state index contributed by atoms with van der Waals surface area (Å²) in [5.74, 6) is 0.707. The zero-order valence-corrected chi connectivity index (χ0v) is 8.16. The predicted octanol–water partition coefficient (Wildman–Crippen LogP) is 2.14. The van der Waals surface area contributed by atoms with Crippen LogP contribution in [0.25, 0.3) is 0 Å². The molecule has 0 radical (unpaired) electrons. The minimum Gasteiger partial charge on any atom is -0.384 e. The van der Waals surface area contributed by atoms with Crippen molar-refractivity contribution in [2.45, 2.75) is 13.0 Å². The number of nitrogen functional groups attached to an aromatic ring is 1. The molecule has 13 heavy (non-hydrogen) atoms. The van der Waals surface area contributed by atoms with Crippen LogP contribution in [0.2, 0.25) is 0 Å². The van der Waals surface area contributed by atoms with E-state index in [2.05, 4.69) is 28.8 Å². The normalized spacial score (nSPS) is 13.0. The van der Waals surface area contributed by atoms with E-state index in [1.807, 2.05) is 10.7 Å². The molecule has 2 heterocycles. The fraction of sp³-hybridized carbons (Fsp3) is 0.222. The second-order valence-corrected chi connectivity index (χ2v) is 3.71. The molecule has 0 fully saturated rings. The monoisotopic (exact) mass is 193 g/mol. The van der Waals surface area contributed by atoms with Crippen LogP contribution in [0.15, 0.2) is 29.1 Å². The number of rotatable bonds is 2. The second kappa shape index (κ2) is 3.22. The Hall–Kier alpha value is -1.29. The molecule has 4 heteroatoms. The molecule has 2 aromatic rings. The van der Waals surface area contributed by atoms with Gasteiger partial charge in [0.15, 0.2) is 0 Å². The van der Waals surface area contributed by atoms with Crippen LogP contribution in [-0.4, -0.2) is 9.78 Å². The van der Waals surface area contributed by atoms with Crippen molar-refractivity contribution in [1.82, 2.24) is 9.78 Å². The summed E-state index contributed by atoms with van der Waals surface area (Å²) in [5.41, 5.74) is 7.00. The highest BCUT2D eigenvalue weighted by molar-refractivity contribution is 7.07. The number of hydrogen-bond donors (Lipinski definition) is 1. The molecule has 1 atom stereocenters. The lowest BCUT2D eigenvalue weighted by Gasteiger charge is -2.11. The van der Waals surface area contributed by atoms with Crippen molar-refractivity contribution >= 4 is 17.2 Å². The molecule has 0 aliphatic carbocycles. The number of thiophene rings is 1. The molecule has 0 amide bonds. The summed E-state index contributed by atoms with van der Waals surface area (Å²) in [6.45, 7) is 2.09. The number of hydrogen-bond acceptors (Lipinski definition) is 3. The van der Waals surface area contributed by atoms with E-state index in [4.69, 9.17) is 5.73 Å². The van der Waals surface area contributed by atoms with E-state index in [-0.39, 0.29) is 6.04 Å². The van der Waals surface area contributed by atoms with Gasteiger partial charge < -0.3 is 5.73 Å². The van der Waals surface area contributed by atoms with Crippen LogP contribution >= 0.6 is 11.3 Å². The van der Waals surface area contributed by atoms with Crippen molar-refractivity contribution in [2.75, 3.05) is 5.73 Å². The summed E-state index contributed by atoms with van der Waals surface area (Å²) in [7, 11) is 0. The highest BCUT2D eigenvalue weighted by atomic mass is 32.1. The molecule has 2 rings (SSSR count). The Morgan fingerprint density at radius 2 is 2.38 bits per heavy atom. The van der Waals surface area contributed by atoms with Crippen LogP contribution < -0.4 is 5.73 Å². The first-order chi connectivity index (χ1) is 6.29. The van der Waals surface area contributed by atoms with Crippen LogP contribution in [0.3, 0.4) is 0 Å². The smallest absolute Gasteiger partial charge is 0.122 e. The molecule has 0 bridgehead atoms. The Labute approximate surface area is 80.8 Å². The Morgan fingerprint density at radius 1 is 1.54 bits per heavy atom. The fourth-order valence-corrected chi connectivity index (χ4v) is 2.05. The molecule has 0 saturated heterocycles. The summed E-state index contributed by atoms with van der Waals surface area (Å²) < 4.78 is 1.82. The van der Waals surface area contributed by atoms with Gasteiger partial charge in [0.05, 0.1) is 12.2 Å². The van der Waals surface area contributed by atoms with E-state index in [9.17, 15) is 0 Å². The third-order valence-corrected chi connectivity index (χ3v) is 2.79. The standard InChI is InChI=1S/C9H11N3S/c1-7(8-3-5-13-6-8)12-9(10)2-4-11-12/h2-7H,10H2,1H3/t7-/m0/s1. The topological polar surface area (TPSA) is 43.8 Å². The minimum absolute atomic E-state index is 0.223. The molecule has 3 nitrogen and oxygen atoms in total. The van der Waals surface area contributed by atoms with E-state index in [1.54, 1.807) is 17.5 Å². The Bertz CT molecular complexity index is 377. The first-order valence-electron chi connectivity index (χ1n) is 4.10. The maximum atomic E-state index is 5.75. The zero-order chi connectivity index (χ0) is 9.26. The van der Waals surface area contributed by atoms with Crippen LogP contribution in [0.4, 0.5) is 5.82 Å². The van der Waals surface area contributed by atoms with Crippen LogP contribution in [0.5, 0.6) is 0 Å². The second-order valence-electron chi connectivity index (χ2n) is 2.93. The van der Waals surface area contributed by atoms with Crippen molar-refractivity contribution in [3.8, 4) is 0 Å². The van der Waals surface area contributed by atoms with Gasteiger partial charge in [-0.3, -0.25) is 0 Å². The highest BCUT2D eigenvalue weighted by Gasteiger charge is 2.10. The summed E-state index contributed by atoms with van der Waals surface area (Å²) in [5, 5.41) is 8.35. The number of nitrogens with two attached hydrogens (primary N) is 1. The average molecular weight is 193 g/mol. The molecule has 68 valence electrons. The maximum absolute atomic E-state index is 5.75. The quantitative estimate of drug-likeness (QED) is 0.794. The van der Waals surface area contributed by atoms with E-state index in [1.165, 1.54) is 5.56 Å². The van der Waals surface area contributed by atoms with Gasteiger partial charge in [-0.25, -0.2) is 4.68 Å². The summed E-state index contributed by atoms with van der Waals surface area (Å²) in [4.78, 5) is 0. The fourth-order valence-electron chi connectivity index (χ4n) is 1.30. The Balaban J connectivity index is 2.33. The molecule has 2 aromatic heterocycles. The van der Waals surface area contributed by atoms with Crippen molar-refractivity contribution in [3.05, 3.63) is 34.7 Å². The lowest BCUT2D eigenvalue weighted by molar-refractivity contribution is 0.574. The molecule has 0 spiro atoms. The van der Waals surface area contributed by atoms with Gasteiger partial charge >= 0.3 is 0 Å². The van der Waals surface area contributed by atoms with Gasteiger partial charge in [0, 0.05) is 0 Å². The van der Waals surface area contributed by atoms with Gasteiger partial charge in [-0.2, -0.15) is 16.4 Å². The van der Waals surface area contributed by atoms with Gasteiger partial charge in [-0.1, -0.05) is 0 Å². The van der Waals surface area contributed by atoms with Crippen molar-refractivity contribution in [2.24, 2.45) is 0 Å². The SMILES string of the molecule is C[C@@H](c1ccsc1)n1nccc1N. The van der Waals surface area contributed by atoms with Gasteiger partial charge in [-0.15, -0.1) is 0 Å². The molecule has 0 aromatic carbocycles. The van der Waals surface area contributed by atoms with Gasteiger partial charge in [0.2, 0.25) is 0 Å². The molecular weight excluding hydrogens is 182 g/mol. The first kappa shape index (κ1) is 8.31. The van der Waals surface area contributed by atoms with Gasteiger partial charge in [-0.05, 0) is 35.4 Å². The maximum Gasteiger partial charge on any atom is 0.122 e. The molecule has 0 aliphatic heterocycles. The Kier molecular flexibility index (Phi) is 2.06. The number of anilines is 1. The summed E-state index contributed by atoms with van der Waals surface area (Å²) >= 11 is 1.69. The van der Waals surface area contributed by atoms with Gasteiger partial charge in [0.25, 0.3) is 0 Å². The third-order valence-electron chi connectivity index (χ3n) is 2.09. The van der Waals surface area contributed by atoms with Gasteiger partial charge in [0.1, 0.15) is 5.82 Å². The van der Waals surface area contributed by atoms with Crippen molar-refractivity contribution in [1.29, 1.82) is 0 Å². The molecular formula is C9H11N3S. The van der Waals surface area contributed by atoms with Crippen LogP contribution in [-0.2, 0) is 0 Å². The molecule has 0 aliphatic rings. The average Bonchev–Trinajstić information content (AvgIpc) is 2.72. The summed E-state index contributed by atoms with van der Waals surface area (Å²) in [6, 6.07) is 4.13. The number of aromatic nitrogens is 2. The zero-order valence-electron chi connectivity index (χ0n) is 7.34. The first-order valence-corrected chi connectivity index (χ1v) is 5.04. The van der Waals surface area contributed by atoms with E-state index in [0.717, 1.165) is 0 Å². The summed E-state index contributed by atoms with van der Waals surface area (Å²) in [6.07, 6.45) is 1.72. The Morgan fingerprint density at radius 3 is 2.92 bits per heavy atom. The minimum atomic E-state index is 0.223. The van der Waals surface area contributed by atoms with Crippen molar-refractivity contribution in [3.63, 3.8) is 0 Å². The lowest BCUT2D eigenvalue weighted by atomic mass is 10.2. The number of nitrogens with zero attached hydrogens (tertiary/aromatic N) is 2. The predicted molar refractivity (Wildman–Crippen MR) is 54.8 cm³/mol. The largest absolute Gasteiger partial charge is 0.384 e. The molecule has 0 saturated carbocycles. The lowest BCUT2D eigenvalue weighted by Crippen LogP contribution is -2.10. The van der Waals surface area contributed by atoms with Crippen molar-refractivity contribution < 1.29 is 0 Å². The molecule has 2 N–H and O–H groups in total.